The molecule has 1 aromatic heterocycles. The van der Waals surface area contributed by atoms with Gasteiger partial charge in [-0.2, -0.15) is 0 Å². The molecule has 0 saturated heterocycles. The first-order valence-corrected chi connectivity index (χ1v) is 7.54. The molecule has 0 bridgehead atoms. The van der Waals surface area contributed by atoms with Crippen LogP contribution in [0.5, 0.6) is 0 Å². The molecular formula is C15H19NOS. The zero-order chi connectivity index (χ0) is 12.4. The van der Waals surface area contributed by atoms with E-state index in [9.17, 15) is 0 Å². The molecule has 0 amide bonds. The highest BCUT2D eigenvalue weighted by molar-refractivity contribution is 7.19. The zero-order valence-electron chi connectivity index (χ0n) is 10.7. The summed E-state index contributed by atoms with van der Waals surface area (Å²) in [5.74, 6) is 0. The van der Waals surface area contributed by atoms with Crippen molar-refractivity contribution in [2.45, 2.75) is 25.9 Å². The molecule has 2 heterocycles. The van der Waals surface area contributed by atoms with Crippen LogP contribution in [0.3, 0.4) is 0 Å². The summed E-state index contributed by atoms with van der Waals surface area (Å²) >= 11 is 1.91. The molecule has 1 aromatic carbocycles. The second-order valence-electron chi connectivity index (χ2n) is 4.71. The fraction of sp³-hybridized carbons (Fsp3) is 0.467. The SMILES string of the molecule is CCNCC1OCCCc2c1sc1ccccc21. The number of hydrogen-bond acceptors (Lipinski definition) is 3. The van der Waals surface area contributed by atoms with E-state index in [0.717, 1.165) is 32.5 Å². The Balaban J connectivity index is 2.03. The Bertz CT molecular complexity index is 534. The lowest BCUT2D eigenvalue weighted by atomic mass is 10.0. The van der Waals surface area contributed by atoms with Gasteiger partial charge in [0, 0.05) is 22.7 Å². The Morgan fingerprint density at radius 3 is 3.17 bits per heavy atom. The fourth-order valence-corrected chi connectivity index (χ4v) is 3.92. The summed E-state index contributed by atoms with van der Waals surface area (Å²) in [6.07, 6.45) is 2.53. The average molecular weight is 261 g/mol. The number of rotatable bonds is 3. The Morgan fingerprint density at radius 1 is 1.39 bits per heavy atom. The Labute approximate surface area is 112 Å². The third kappa shape index (κ3) is 2.18. The molecule has 3 rings (SSSR count). The van der Waals surface area contributed by atoms with Gasteiger partial charge in [0.25, 0.3) is 0 Å². The van der Waals surface area contributed by atoms with Gasteiger partial charge in [-0.25, -0.2) is 0 Å². The van der Waals surface area contributed by atoms with Gasteiger partial charge in [0.15, 0.2) is 0 Å². The molecule has 1 aliphatic rings. The van der Waals surface area contributed by atoms with Gasteiger partial charge in [0.05, 0.1) is 0 Å². The van der Waals surface area contributed by atoms with Gasteiger partial charge >= 0.3 is 0 Å². The monoisotopic (exact) mass is 261 g/mol. The van der Waals surface area contributed by atoms with Crippen LogP contribution < -0.4 is 5.32 Å². The molecule has 18 heavy (non-hydrogen) atoms. The van der Waals surface area contributed by atoms with Gasteiger partial charge in [-0.15, -0.1) is 11.3 Å². The van der Waals surface area contributed by atoms with Crippen LogP contribution in [0.15, 0.2) is 24.3 Å². The molecule has 2 aromatic rings. The van der Waals surface area contributed by atoms with Crippen LogP contribution in [0.1, 0.15) is 29.9 Å². The van der Waals surface area contributed by atoms with Crippen molar-refractivity contribution in [1.82, 2.24) is 5.32 Å². The van der Waals surface area contributed by atoms with Crippen molar-refractivity contribution in [3.63, 3.8) is 0 Å². The molecule has 1 aliphatic heterocycles. The van der Waals surface area contributed by atoms with Crippen LogP contribution in [-0.4, -0.2) is 19.7 Å². The summed E-state index contributed by atoms with van der Waals surface area (Å²) in [6, 6.07) is 8.73. The number of aryl methyl sites for hydroxylation is 1. The number of benzene rings is 1. The van der Waals surface area contributed by atoms with Gasteiger partial charge in [-0.3, -0.25) is 0 Å². The highest BCUT2D eigenvalue weighted by atomic mass is 32.1. The Kier molecular flexibility index (Phi) is 3.64. The van der Waals surface area contributed by atoms with Gasteiger partial charge in [0.1, 0.15) is 6.10 Å². The zero-order valence-corrected chi connectivity index (χ0v) is 11.6. The fourth-order valence-electron chi connectivity index (χ4n) is 2.61. The maximum atomic E-state index is 6.01. The van der Waals surface area contributed by atoms with Crippen LogP contribution in [0, 0.1) is 0 Å². The molecule has 1 atom stereocenters. The van der Waals surface area contributed by atoms with Crippen LogP contribution in [0.2, 0.25) is 0 Å². The van der Waals surface area contributed by atoms with E-state index in [4.69, 9.17) is 4.74 Å². The van der Waals surface area contributed by atoms with Crippen molar-refractivity contribution in [1.29, 1.82) is 0 Å². The van der Waals surface area contributed by atoms with Crippen molar-refractivity contribution in [2.75, 3.05) is 19.7 Å². The summed E-state index contributed by atoms with van der Waals surface area (Å²) in [5, 5.41) is 4.85. The highest BCUT2D eigenvalue weighted by Crippen LogP contribution is 2.38. The Hall–Kier alpha value is -0.900. The third-order valence-electron chi connectivity index (χ3n) is 3.49. The minimum Gasteiger partial charge on any atom is -0.371 e. The molecule has 0 aliphatic carbocycles. The summed E-state index contributed by atoms with van der Waals surface area (Å²) < 4.78 is 7.41. The highest BCUT2D eigenvalue weighted by Gasteiger charge is 2.23. The lowest BCUT2D eigenvalue weighted by Crippen LogP contribution is -2.22. The van der Waals surface area contributed by atoms with E-state index in [2.05, 4.69) is 36.5 Å². The smallest absolute Gasteiger partial charge is 0.104 e. The molecule has 96 valence electrons. The average Bonchev–Trinajstić information content (AvgIpc) is 2.65. The molecule has 2 nitrogen and oxygen atoms in total. The first-order chi connectivity index (χ1) is 8.90. The first-order valence-electron chi connectivity index (χ1n) is 6.72. The van der Waals surface area contributed by atoms with Crippen molar-refractivity contribution in [3.05, 3.63) is 34.7 Å². The minimum absolute atomic E-state index is 0.236. The summed E-state index contributed by atoms with van der Waals surface area (Å²) in [5.41, 5.74) is 1.52. The van der Waals surface area contributed by atoms with Gasteiger partial charge in [-0.05, 0) is 36.4 Å². The van der Waals surface area contributed by atoms with Gasteiger partial charge in [0.2, 0.25) is 0 Å². The van der Waals surface area contributed by atoms with Gasteiger partial charge < -0.3 is 10.1 Å². The number of thiophene rings is 1. The predicted molar refractivity (Wildman–Crippen MR) is 77.4 cm³/mol. The van der Waals surface area contributed by atoms with Crippen LogP contribution in [-0.2, 0) is 11.2 Å². The molecule has 1 N–H and O–H groups in total. The summed E-state index contributed by atoms with van der Waals surface area (Å²) in [4.78, 5) is 1.44. The molecule has 0 spiro atoms. The number of ether oxygens (including phenoxy) is 1. The quantitative estimate of drug-likeness (QED) is 0.913. The number of likely N-dealkylation sites (N-methyl/N-ethyl adjacent to an activating group) is 1. The van der Waals surface area contributed by atoms with E-state index in [1.807, 2.05) is 11.3 Å². The lowest BCUT2D eigenvalue weighted by Gasteiger charge is -2.15. The van der Waals surface area contributed by atoms with Crippen LogP contribution >= 0.6 is 11.3 Å². The summed E-state index contributed by atoms with van der Waals surface area (Å²) in [7, 11) is 0. The van der Waals surface area contributed by atoms with E-state index in [-0.39, 0.29) is 6.10 Å². The molecule has 1 unspecified atom stereocenters. The van der Waals surface area contributed by atoms with Gasteiger partial charge in [-0.1, -0.05) is 25.1 Å². The predicted octanol–water partition coefficient (Wildman–Crippen LogP) is 3.51. The van der Waals surface area contributed by atoms with Crippen LogP contribution in [0.4, 0.5) is 0 Å². The molecule has 3 heteroatoms. The van der Waals surface area contributed by atoms with Crippen LogP contribution in [0.25, 0.3) is 10.1 Å². The largest absolute Gasteiger partial charge is 0.371 e. The molecular weight excluding hydrogens is 242 g/mol. The van der Waals surface area contributed by atoms with E-state index >= 15 is 0 Å². The first kappa shape index (κ1) is 12.2. The maximum absolute atomic E-state index is 6.01. The maximum Gasteiger partial charge on any atom is 0.104 e. The lowest BCUT2D eigenvalue weighted by molar-refractivity contribution is 0.0591. The van der Waals surface area contributed by atoms with E-state index < -0.39 is 0 Å². The van der Waals surface area contributed by atoms with E-state index in [1.165, 1.54) is 20.5 Å². The van der Waals surface area contributed by atoms with Crippen molar-refractivity contribution >= 4 is 21.4 Å². The van der Waals surface area contributed by atoms with E-state index in [1.54, 1.807) is 0 Å². The Morgan fingerprint density at radius 2 is 2.28 bits per heavy atom. The molecule has 0 radical (unpaired) electrons. The topological polar surface area (TPSA) is 21.3 Å². The number of fused-ring (bicyclic) bond motifs is 3. The standard InChI is InChI=1S/C15H19NOS/c1-2-16-10-13-15-12(7-5-9-17-13)11-6-3-4-8-14(11)18-15/h3-4,6,8,13,16H,2,5,7,9-10H2,1H3. The second-order valence-corrected chi connectivity index (χ2v) is 5.80. The van der Waals surface area contributed by atoms with Crippen molar-refractivity contribution < 1.29 is 4.74 Å². The number of nitrogens with one attached hydrogen (secondary N) is 1. The minimum atomic E-state index is 0.236. The van der Waals surface area contributed by atoms with Crippen molar-refractivity contribution in [2.24, 2.45) is 0 Å². The normalized spacial score (nSPS) is 19.7. The third-order valence-corrected chi connectivity index (χ3v) is 4.80. The summed E-state index contributed by atoms with van der Waals surface area (Å²) in [6.45, 7) is 4.95. The van der Waals surface area contributed by atoms with Crippen molar-refractivity contribution in [3.8, 4) is 0 Å². The molecule has 0 fully saturated rings. The molecule has 0 saturated carbocycles. The number of hydrogen-bond donors (Lipinski definition) is 1. The van der Waals surface area contributed by atoms with E-state index in [0.29, 0.717) is 0 Å². The second kappa shape index (κ2) is 5.39.